The molecule has 1 unspecified atom stereocenters. The number of sulfonamides is 1. The standard InChI is InChI=1S/C10H18N4O3S2/c1-3-11-10-12-7-9(8-13-10)19(16,17)14-5-6-18(15)4-2/h7-8,14H,3-6H2,1-2H3,(H,11,12,13). The third kappa shape index (κ3) is 5.21. The van der Waals surface area contributed by atoms with E-state index in [1.54, 1.807) is 6.92 Å². The Bertz CT molecular complexity index is 516. The van der Waals surface area contributed by atoms with Gasteiger partial charge in [0.1, 0.15) is 4.90 Å². The van der Waals surface area contributed by atoms with Gasteiger partial charge < -0.3 is 5.32 Å². The highest BCUT2D eigenvalue weighted by atomic mass is 32.2. The first-order chi connectivity index (χ1) is 8.99. The SMILES string of the molecule is CCNc1ncc(S(=O)(=O)NCCS(=O)CC)cn1. The lowest BCUT2D eigenvalue weighted by Gasteiger charge is -2.06. The van der Waals surface area contributed by atoms with Crippen LogP contribution in [0.15, 0.2) is 17.3 Å². The van der Waals surface area contributed by atoms with Crippen molar-refractivity contribution in [3.05, 3.63) is 12.4 Å². The Labute approximate surface area is 115 Å². The van der Waals surface area contributed by atoms with Crippen LogP contribution in [0.5, 0.6) is 0 Å². The van der Waals surface area contributed by atoms with Gasteiger partial charge in [-0.3, -0.25) is 4.21 Å². The summed E-state index contributed by atoms with van der Waals surface area (Å²) < 4.78 is 37.3. The molecule has 0 aromatic carbocycles. The highest BCUT2D eigenvalue weighted by Gasteiger charge is 2.14. The minimum Gasteiger partial charge on any atom is -0.355 e. The summed E-state index contributed by atoms with van der Waals surface area (Å²) in [4.78, 5) is 7.78. The molecule has 0 bridgehead atoms. The van der Waals surface area contributed by atoms with Crippen molar-refractivity contribution in [2.75, 3.05) is 29.9 Å². The molecule has 0 saturated heterocycles. The van der Waals surface area contributed by atoms with Crippen LogP contribution in [-0.4, -0.2) is 47.2 Å². The summed E-state index contributed by atoms with van der Waals surface area (Å²) >= 11 is 0. The normalized spacial score (nSPS) is 13.2. The number of hydrogen-bond acceptors (Lipinski definition) is 6. The second-order valence-electron chi connectivity index (χ2n) is 3.60. The average Bonchev–Trinajstić information content (AvgIpc) is 2.39. The van der Waals surface area contributed by atoms with Crippen LogP contribution in [-0.2, 0) is 20.8 Å². The molecule has 0 saturated carbocycles. The van der Waals surface area contributed by atoms with Crippen LogP contribution in [0.1, 0.15) is 13.8 Å². The average molecular weight is 306 g/mol. The molecule has 7 nitrogen and oxygen atoms in total. The highest BCUT2D eigenvalue weighted by Crippen LogP contribution is 2.06. The number of nitrogens with zero attached hydrogens (tertiary/aromatic N) is 2. The fourth-order valence-corrected chi connectivity index (χ4v) is 2.89. The molecule has 2 N–H and O–H groups in total. The molecular weight excluding hydrogens is 288 g/mol. The molecule has 9 heteroatoms. The van der Waals surface area contributed by atoms with Crippen molar-refractivity contribution in [2.24, 2.45) is 0 Å². The molecule has 19 heavy (non-hydrogen) atoms. The van der Waals surface area contributed by atoms with Gasteiger partial charge in [0.2, 0.25) is 16.0 Å². The third-order valence-corrected chi connectivity index (χ3v) is 4.94. The zero-order valence-corrected chi connectivity index (χ0v) is 12.6. The Morgan fingerprint density at radius 3 is 2.42 bits per heavy atom. The minimum atomic E-state index is -3.63. The van der Waals surface area contributed by atoms with Crippen LogP contribution in [0.3, 0.4) is 0 Å². The molecule has 1 rings (SSSR count). The van der Waals surface area contributed by atoms with E-state index < -0.39 is 20.8 Å². The molecule has 0 radical (unpaired) electrons. The molecule has 0 fully saturated rings. The molecule has 1 aromatic heterocycles. The second kappa shape index (κ2) is 7.51. The predicted molar refractivity (Wildman–Crippen MR) is 74.9 cm³/mol. The van der Waals surface area contributed by atoms with Gasteiger partial charge in [0.15, 0.2) is 0 Å². The molecule has 0 spiro atoms. The first-order valence-corrected chi connectivity index (χ1v) is 8.87. The van der Waals surface area contributed by atoms with Crippen molar-refractivity contribution < 1.29 is 12.6 Å². The zero-order chi connectivity index (χ0) is 14.3. The number of rotatable bonds is 8. The van der Waals surface area contributed by atoms with E-state index in [2.05, 4.69) is 20.0 Å². The summed E-state index contributed by atoms with van der Waals surface area (Å²) in [6.45, 7) is 4.48. The van der Waals surface area contributed by atoms with Gasteiger partial charge in [-0.2, -0.15) is 0 Å². The van der Waals surface area contributed by atoms with Crippen LogP contribution in [0.4, 0.5) is 5.95 Å². The molecular formula is C10H18N4O3S2. The Balaban J connectivity index is 2.64. The highest BCUT2D eigenvalue weighted by molar-refractivity contribution is 7.89. The Morgan fingerprint density at radius 2 is 1.89 bits per heavy atom. The van der Waals surface area contributed by atoms with Crippen molar-refractivity contribution in [3.63, 3.8) is 0 Å². The summed E-state index contributed by atoms with van der Waals surface area (Å²) in [7, 11) is -4.63. The molecule has 0 aliphatic carbocycles. The summed E-state index contributed by atoms with van der Waals surface area (Å²) in [6, 6.07) is 0. The molecule has 0 aliphatic rings. The first-order valence-electron chi connectivity index (χ1n) is 5.90. The molecule has 1 atom stereocenters. The largest absolute Gasteiger partial charge is 0.355 e. The van der Waals surface area contributed by atoms with Gasteiger partial charge in [-0.15, -0.1) is 0 Å². The third-order valence-electron chi connectivity index (χ3n) is 2.22. The van der Waals surface area contributed by atoms with Crippen molar-refractivity contribution >= 4 is 26.8 Å². The van der Waals surface area contributed by atoms with E-state index in [-0.39, 0.29) is 11.4 Å². The lowest BCUT2D eigenvalue weighted by atomic mass is 10.6. The quantitative estimate of drug-likeness (QED) is 0.698. The zero-order valence-electron chi connectivity index (χ0n) is 10.9. The summed E-state index contributed by atoms with van der Waals surface area (Å²) in [5.41, 5.74) is 0. The van der Waals surface area contributed by atoms with Crippen LogP contribution >= 0.6 is 0 Å². The number of aromatic nitrogens is 2. The van der Waals surface area contributed by atoms with Crippen LogP contribution < -0.4 is 10.0 Å². The fourth-order valence-electron chi connectivity index (χ4n) is 1.22. The van der Waals surface area contributed by atoms with Crippen molar-refractivity contribution in [2.45, 2.75) is 18.7 Å². The Morgan fingerprint density at radius 1 is 1.26 bits per heavy atom. The van der Waals surface area contributed by atoms with Crippen LogP contribution in [0.2, 0.25) is 0 Å². The number of nitrogens with one attached hydrogen (secondary N) is 2. The van der Waals surface area contributed by atoms with Crippen molar-refractivity contribution in [3.8, 4) is 0 Å². The van der Waals surface area contributed by atoms with Gasteiger partial charge in [-0.25, -0.2) is 23.1 Å². The maximum absolute atomic E-state index is 11.9. The maximum atomic E-state index is 11.9. The van der Waals surface area contributed by atoms with E-state index in [1.165, 1.54) is 12.4 Å². The summed E-state index contributed by atoms with van der Waals surface area (Å²) in [5.74, 6) is 1.20. The lowest BCUT2D eigenvalue weighted by Crippen LogP contribution is -2.28. The Hall–Kier alpha value is -1.06. The van der Waals surface area contributed by atoms with E-state index in [4.69, 9.17) is 0 Å². The topological polar surface area (TPSA) is 101 Å². The number of anilines is 1. The van der Waals surface area contributed by atoms with E-state index in [0.29, 0.717) is 24.0 Å². The van der Waals surface area contributed by atoms with E-state index >= 15 is 0 Å². The molecule has 0 aliphatic heterocycles. The molecule has 108 valence electrons. The smallest absolute Gasteiger partial charge is 0.243 e. The Kier molecular flexibility index (Phi) is 6.32. The summed E-state index contributed by atoms with van der Waals surface area (Å²) in [5, 5.41) is 2.87. The van der Waals surface area contributed by atoms with Crippen molar-refractivity contribution in [1.82, 2.24) is 14.7 Å². The van der Waals surface area contributed by atoms with Crippen LogP contribution in [0, 0.1) is 0 Å². The van der Waals surface area contributed by atoms with Crippen LogP contribution in [0.25, 0.3) is 0 Å². The van der Waals surface area contributed by atoms with Gasteiger partial charge in [0, 0.05) is 35.4 Å². The van der Waals surface area contributed by atoms with Gasteiger partial charge in [-0.1, -0.05) is 6.92 Å². The second-order valence-corrected chi connectivity index (χ2v) is 7.24. The van der Waals surface area contributed by atoms with Gasteiger partial charge in [0.25, 0.3) is 0 Å². The predicted octanol–water partition coefficient (Wildman–Crippen LogP) is -0.0447. The minimum absolute atomic E-state index is 0.00330. The molecule has 1 heterocycles. The van der Waals surface area contributed by atoms with Crippen molar-refractivity contribution in [1.29, 1.82) is 0 Å². The molecule has 1 aromatic rings. The monoisotopic (exact) mass is 306 g/mol. The van der Waals surface area contributed by atoms with Gasteiger partial charge >= 0.3 is 0 Å². The first kappa shape index (κ1) is 16.0. The summed E-state index contributed by atoms with van der Waals surface area (Å²) in [6.07, 6.45) is 2.48. The van der Waals surface area contributed by atoms with Gasteiger partial charge in [-0.05, 0) is 6.92 Å². The lowest BCUT2D eigenvalue weighted by molar-refractivity contribution is 0.583. The molecule has 0 amide bonds. The van der Waals surface area contributed by atoms with E-state index in [9.17, 15) is 12.6 Å². The maximum Gasteiger partial charge on any atom is 0.243 e. The van der Waals surface area contributed by atoms with E-state index in [0.717, 1.165) is 0 Å². The fraction of sp³-hybridized carbons (Fsp3) is 0.600. The number of hydrogen-bond donors (Lipinski definition) is 2. The van der Waals surface area contributed by atoms with E-state index in [1.807, 2.05) is 6.92 Å². The van der Waals surface area contributed by atoms with Gasteiger partial charge in [0.05, 0.1) is 12.4 Å².